The summed E-state index contributed by atoms with van der Waals surface area (Å²) in [5.74, 6) is -0.211. The van der Waals surface area contributed by atoms with E-state index in [-0.39, 0.29) is 24.4 Å². The van der Waals surface area contributed by atoms with Crippen LogP contribution in [-0.4, -0.2) is 30.5 Å². The maximum Gasteiger partial charge on any atom is 0.310 e. The van der Waals surface area contributed by atoms with Crippen LogP contribution in [0.4, 0.5) is 5.69 Å². The molecular weight excluding hydrogens is 448 g/mol. The number of rotatable bonds is 6. The first kappa shape index (κ1) is 22.6. The lowest BCUT2D eigenvalue weighted by atomic mass is 9.78. The monoisotopic (exact) mass is 476 g/mol. The van der Waals surface area contributed by atoms with E-state index in [9.17, 15) is 9.59 Å². The van der Waals surface area contributed by atoms with E-state index in [1.165, 1.54) is 16.9 Å². The molecule has 7 heteroatoms. The normalized spacial score (nSPS) is 19.5. The highest BCUT2D eigenvalue weighted by molar-refractivity contribution is 7.13. The fourth-order valence-corrected chi connectivity index (χ4v) is 5.88. The molecule has 6 nitrogen and oxygen atoms in total. The summed E-state index contributed by atoms with van der Waals surface area (Å²) < 4.78 is 11.1. The third-order valence-electron chi connectivity index (χ3n) is 6.79. The molecule has 1 saturated carbocycles. The molecule has 0 radical (unpaired) electrons. The fraction of sp³-hybridized carbons (Fsp3) is 0.370. The van der Waals surface area contributed by atoms with Crippen LogP contribution >= 0.6 is 11.3 Å². The Morgan fingerprint density at radius 1 is 1.06 bits per heavy atom. The Balaban J connectivity index is 1.25. The number of para-hydroxylation sites is 2. The molecule has 2 unspecified atom stereocenters. The van der Waals surface area contributed by atoms with E-state index < -0.39 is 5.92 Å². The molecule has 0 spiro atoms. The summed E-state index contributed by atoms with van der Waals surface area (Å²) in [5, 5.41) is 2.72. The van der Waals surface area contributed by atoms with E-state index in [1.54, 1.807) is 7.11 Å². The molecule has 2 atom stereocenters. The minimum absolute atomic E-state index is 0.0544. The van der Waals surface area contributed by atoms with Crippen molar-refractivity contribution in [1.29, 1.82) is 0 Å². The van der Waals surface area contributed by atoms with Gasteiger partial charge in [-0.1, -0.05) is 43.2 Å². The molecular formula is C27H28N2O4S. The third-order valence-corrected chi connectivity index (χ3v) is 7.71. The summed E-state index contributed by atoms with van der Waals surface area (Å²) in [4.78, 5) is 33.1. The van der Waals surface area contributed by atoms with E-state index in [4.69, 9.17) is 9.47 Å². The van der Waals surface area contributed by atoms with Gasteiger partial charge in [0.25, 0.3) is 0 Å². The van der Waals surface area contributed by atoms with Gasteiger partial charge in [-0.2, -0.15) is 0 Å². The van der Waals surface area contributed by atoms with Gasteiger partial charge < -0.3 is 14.4 Å². The van der Waals surface area contributed by atoms with Crippen molar-refractivity contribution < 1.29 is 19.1 Å². The van der Waals surface area contributed by atoms with Gasteiger partial charge in [0.15, 0.2) is 0 Å². The van der Waals surface area contributed by atoms with E-state index in [0.717, 1.165) is 47.7 Å². The Morgan fingerprint density at radius 2 is 1.82 bits per heavy atom. The SMILES string of the molecule is COc1ccccc1-c1nc(COC(=O)C2CCCCC2C(=O)N2CCc3ccccc32)cs1. The Labute approximate surface area is 203 Å². The molecule has 1 aromatic heterocycles. The molecule has 34 heavy (non-hydrogen) atoms. The number of methoxy groups -OCH3 is 1. The standard InChI is InChI=1S/C27H28N2O4S/c1-32-24-13-7-5-11-22(24)25-28-19(17-34-25)16-33-27(31)21-10-4-3-9-20(21)26(30)29-15-14-18-8-2-6-12-23(18)29/h2,5-8,11-13,17,20-21H,3-4,9-10,14-16H2,1H3. The molecule has 0 bridgehead atoms. The van der Waals surface area contributed by atoms with Crippen LogP contribution in [-0.2, 0) is 27.4 Å². The fourth-order valence-electron chi connectivity index (χ4n) is 5.05. The van der Waals surface area contributed by atoms with Gasteiger partial charge in [-0.05, 0) is 43.0 Å². The molecule has 0 saturated heterocycles. The lowest BCUT2D eigenvalue weighted by molar-refractivity contribution is -0.155. The smallest absolute Gasteiger partial charge is 0.310 e. The van der Waals surface area contributed by atoms with Gasteiger partial charge in [0.1, 0.15) is 17.4 Å². The summed E-state index contributed by atoms with van der Waals surface area (Å²) in [6.07, 6.45) is 4.18. The number of fused-ring (bicyclic) bond motifs is 1. The maximum absolute atomic E-state index is 13.5. The number of hydrogen-bond acceptors (Lipinski definition) is 6. The highest BCUT2D eigenvalue weighted by atomic mass is 32.1. The Bertz CT molecular complexity index is 1190. The molecule has 3 aromatic rings. The largest absolute Gasteiger partial charge is 0.496 e. The number of anilines is 1. The average molecular weight is 477 g/mol. The van der Waals surface area contributed by atoms with E-state index >= 15 is 0 Å². The minimum Gasteiger partial charge on any atom is -0.496 e. The van der Waals surface area contributed by atoms with Crippen LogP contribution in [0.2, 0.25) is 0 Å². The predicted octanol–water partition coefficient (Wildman–Crippen LogP) is 5.26. The summed E-state index contributed by atoms with van der Waals surface area (Å²) in [6.45, 7) is 0.787. The second-order valence-electron chi connectivity index (χ2n) is 8.82. The van der Waals surface area contributed by atoms with Crippen LogP contribution in [0.15, 0.2) is 53.9 Å². The second-order valence-corrected chi connectivity index (χ2v) is 9.68. The molecule has 1 aliphatic carbocycles. The Hall–Kier alpha value is -3.19. The number of ether oxygens (including phenoxy) is 2. The van der Waals surface area contributed by atoms with Crippen molar-refractivity contribution in [3.63, 3.8) is 0 Å². The van der Waals surface area contributed by atoms with Crippen molar-refractivity contribution in [2.45, 2.75) is 38.7 Å². The first-order valence-corrected chi connectivity index (χ1v) is 12.7. The average Bonchev–Trinajstić information content (AvgIpc) is 3.54. The van der Waals surface area contributed by atoms with Gasteiger partial charge in [0.2, 0.25) is 5.91 Å². The molecule has 2 aromatic carbocycles. The lowest BCUT2D eigenvalue weighted by Gasteiger charge is -2.32. The van der Waals surface area contributed by atoms with Crippen LogP contribution in [0.25, 0.3) is 10.6 Å². The maximum atomic E-state index is 13.5. The zero-order chi connectivity index (χ0) is 23.5. The first-order valence-electron chi connectivity index (χ1n) is 11.8. The summed E-state index contributed by atoms with van der Waals surface area (Å²) >= 11 is 1.49. The number of carbonyl (C=O) groups excluding carboxylic acids is 2. The highest BCUT2D eigenvalue weighted by Crippen LogP contribution is 2.37. The van der Waals surface area contributed by atoms with Gasteiger partial charge >= 0.3 is 5.97 Å². The topological polar surface area (TPSA) is 68.7 Å². The number of thiazole rings is 1. The first-order chi connectivity index (χ1) is 16.7. The molecule has 2 aliphatic rings. The van der Waals surface area contributed by atoms with Crippen molar-refractivity contribution in [2.75, 3.05) is 18.6 Å². The summed E-state index contributed by atoms with van der Waals surface area (Å²) in [7, 11) is 1.64. The molecule has 1 aliphatic heterocycles. The second kappa shape index (κ2) is 9.97. The van der Waals surface area contributed by atoms with Crippen molar-refractivity contribution in [2.24, 2.45) is 11.8 Å². The van der Waals surface area contributed by atoms with Gasteiger partial charge in [-0.3, -0.25) is 9.59 Å². The van der Waals surface area contributed by atoms with Crippen molar-refractivity contribution in [1.82, 2.24) is 4.98 Å². The predicted molar refractivity (Wildman–Crippen MR) is 132 cm³/mol. The quantitative estimate of drug-likeness (QED) is 0.454. The number of esters is 1. The Kier molecular flexibility index (Phi) is 6.63. The molecule has 1 fully saturated rings. The van der Waals surface area contributed by atoms with E-state index in [2.05, 4.69) is 11.1 Å². The minimum atomic E-state index is -0.402. The van der Waals surface area contributed by atoms with Crippen molar-refractivity contribution in [3.05, 3.63) is 65.2 Å². The molecule has 2 heterocycles. The van der Waals surface area contributed by atoms with Crippen LogP contribution in [0.5, 0.6) is 5.75 Å². The van der Waals surface area contributed by atoms with Gasteiger partial charge in [0.05, 0.1) is 30.2 Å². The van der Waals surface area contributed by atoms with Gasteiger partial charge in [-0.15, -0.1) is 11.3 Å². The van der Waals surface area contributed by atoms with Crippen LogP contribution < -0.4 is 9.64 Å². The number of benzene rings is 2. The number of aromatic nitrogens is 1. The number of hydrogen-bond donors (Lipinski definition) is 0. The van der Waals surface area contributed by atoms with Crippen molar-refractivity contribution in [3.8, 4) is 16.3 Å². The zero-order valence-electron chi connectivity index (χ0n) is 19.2. The van der Waals surface area contributed by atoms with Crippen LogP contribution in [0.3, 0.4) is 0 Å². The zero-order valence-corrected chi connectivity index (χ0v) is 20.1. The van der Waals surface area contributed by atoms with Crippen LogP contribution in [0.1, 0.15) is 36.9 Å². The summed E-state index contributed by atoms with van der Waals surface area (Å²) in [5.41, 5.74) is 3.79. The third kappa shape index (κ3) is 4.44. The summed E-state index contributed by atoms with van der Waals surface area (Å²) in [6, 6.07) is 15.8. The van der Waals surface area contributed by atoms with E-state index in [1.807, 2.05) is 52.7 Å². The molecule has 0 N–H and O–H groups in total. The lowest BCUT2D eigenvalue weighted by Crippen LogP contribution is -2.42. The number of amides is 1. The van der Waals surface area contributed by atoms with Crippen molar-refractivity contribution >= 4 is 28.9 Å². The number of nitrogens with zero attached hydrogens (tertiary/aromatic N) is 2. The molecule has 1 amide bonds. The van der Waals surface area contributed by atoms with Gasteiger partial charge in [0, 0.05) is 17.6 Å². The Morgan fingerprint density at radius 3 is 2.68 bits per heavy atom. The number of carbonyl (C=O) groups is 2. The highest BCUT2D eigenvalue weighted by Gasteiger charge is 2.40. The van der Waals surface area contributed by atoms with E-state index in [0.29, 0.717) is 18.7 Å². The molecule has 5 rings (SSSR count). The van der Waals surface area contributed by atoms with Gasteiger partial charge in [-0.25, -0.2) is 4.98 Å². The molecule has 176 valence electrons. The van der Waals surface area contributed by atoms with Crippen LogP contribution in [0, 0.1) is 11.8 Å².